The zero-order chi connectivity index (χ0) is 15.6. The number of carbonyl (C=O) groups excluding carboxylic acids is 1. The van der Waals surface area contributed by atoms with Gasteiger partial charge in [-0.05, 0) is 38.5 Å². The van der Waals surface area contributed by atoms with Gasteiger partial charge in [-0.3, -0.25) is 4.79 Å². The Kier molecular flexibility index (Phi) is 6.50. The van der Waals surface area contributed by atoms with Gasteiger partial charge in [0.25, 0.3) is 5.91 Å². The minimum Gasteiger partial charge on any atom is -0.493 e. The van der Waals surface area contributed by atoms with E-state index in [2.05, 4.69) is 19.2 Å². The summed E-state index contributed by atoms with van der Waals surface area (Å²) >= 11 is 0. The molecule has 2 rings (SSSR count). The molecule has 1 aliphatic rings. The molecule has 0 aliphatic carbocycles. The Bertz CT molecular complexity index is 536. The first kappa shape index (κ1) is 18.6. The molecule has 0 aromatic heterocycles. The van der Waals surface area contributed by atoms with Crippen LogP contribution in [0.5, 0.6) is 11.5 Å². The van der Waals surface area contributed by atoms with E-state index in [1.165, 1.54) is 0 Å². The van der Waals surface area contributed by atoms with Gasteiger partial charge in [-0.25, -0.2) is 0 Å². The van der Waals surface area contributed by atoms with Crippen LogP contribution in [-0.2, 0) is 0 Å². The smallest absolute Gasteiger partial charge is 0.254 e. The fourth-order valence-electron chi connectivity index (χ4n) is 2.71. The third kappa shape index (κ3) is 3.47. The number of carbonyl (C=O) groups is 1. The van der Waals surface area contributed by atoms with Crippen molar-refractivity contribution in [3.63, 3.8) is 0 Å². The van der Waals surface area contributed by atoms with Crippen molar-refractivity contribution in [2.75, 3.05) is 27.3 Å². The number of ether oxygens (including phenoxy) is 2. The molecule has 0 bridgehead atoms. The number of benzene rings is 1. The summed E-state index contributed by atoms with van der Waals surface area (Å²) in [6.07, 6.45) is 0. The molecule has 1 amide bonds. The number of piperazine rings is 1. The molecule has 2 unspecified atom stereocenters. The van der Waals surface area contributed by atoms with E-state index in [1.807, 2.05) is 17.9 Å². The van der Waals surface area contributed by atoms with Crippen molar-refractivity contribution in [1.29, 1.82) is 0 Å². The summed E-state index contributed by atoms with van der Waals surface area (Å²) in [4.78, 5) is 14.8. The minimum absolute atomic E-state index is 0. The largest absolute Gasteiger partial charge is 0.493 e. The third-order valence-electron chi connectivity index (χ3n) is 4.26. The number of nitrogens with zero attached hydrogens (tertiary/aromatic N) is 1. The number of amides is 1. The number of halogens is 1. The highest BCUT2D eigenvalue weighted by Gasteiger charge is 2.30. The summed E-state index contributed by atoms with van der Waals surface area (Å²) in [5.41, 5.74) is 1.57. The summed E-state index contributed by atoms with van der Waals surface area (Å²) in [6.45, 7) is 7.64. The normalized spacial score (nSPS) is 21.0. The Morgan fingerprint density at radius 3 is 2.41 bits per heavy atom. The van der Waals surface area contributed by atoms with Gasteiger partial charge in [-0.15, -0.1) is 12.4 Å². The average molecular weight is 329 g/mol. The summed E-state index contributed by atoms with van der Waals surface area (Å²) in [6, 6.07) is 4.08. The van der Waals surface area contributed by atoms with Crippen molar-refractivity contribution in [2.24, 2.45) is 0 Å². The lowest BCUT2D eigenvalue weighted by Gasteiger charge is -2.39. The van der Waals surface area contributed by atoms with Gasteiger partial charge in [0.2, 0.25) is 0 Å². The van der Waals surface area contributed by atoms with Gasteiger partial charge in [0.1, 0.15) is 0 Å². The number of hydrogen-bond acceptors (Lipinski definition) is 4. The van der Waals surface area contributed by atoms with E-state index in [4.69, 9.17) is 9.47 Å². The Labute approximate surface area is 138 Å². The molecule has 1 fully saturated rings. The molecule has 1 aliphatic heterocycles. The van der Waals surface area contributed by atoms with Gasteiger partial charge < -0.3 is 19.7 Å². The molecule has 1 aromatic carbocycles. The summed E-state index contributed by atoms with van der Waals surface area (Å²) in [5, 5.41) is 3.38. The molecule has 6 heteroatoms. The van der Waals surface area contributed by atoms with Crippen molar-refractivity contribution in [3.8, 4) is 11.5 Å². The van der Waals surface area contributed by atoms with Crippen LogP contribution in [-0.4, -0.2) is 50.2 Å². The van der Waals surface area contributed by atoms with Crippen LogP contribution in [0.2, 0.25) is 0 Å². The molecular formula is C16H25ClN2O3. The SMILES string of the molecule is COc1cc(C)c(C(=O)N2CCNC(C)C2C)cc1OC.Cl. The number of rotatable bonds is 3. The molecule has 1 N–H and O–H groups in total. The number of hydrogen-bond donors (Lipinski definition) is 1. The second-order valence-corrected chi connectivity index (χ2v) is 5.50. The van der Waals surface area contributed by atoms with E-state index in [0.717, 1.165) is 18.7 Å². The van der Waals surface area contributed by atoms with E-state index < -0.39 is 0 Å². The van der Waals surface area contributed by atoms with Crippen LogP contribution in [0.25, 0.3) is 0 Å². The first-order chi connectivity index (χ1) is 9.99. The molecule has 1 saturated heterocycles. The minimum atomic E-state index is 0. The number of nitrogens with one attached hydrogen (secondary N) is 1. The van der Waals surface area contributed by atoms with Gasteiger partial charge >= 0.3 is 0 Å². The van der Waals surface area contributed by atoms with Crippen LogP contribution in [0.3, 0.4) is 0 Å². The zero-order valence-corrected chi connectivity index (χ0v) is 14.6. The van der Waals surface area contributed by atoms with Crippen LogP contribution in [0.1, 0.15) is 29.8 Å². The Morgan fingerprint density at radius 2 is 1.82 bits per heavy atom. The fraction of sp³-hybridized carbons (Fsp3) is 0.562. The second kappa shape index (κ2) is 7.70. The van der Waals surface area contributed by atoms with E-state index in [9.17, 15) is 4.79 Å². The third-order valence-corrected chi connectivity index (χ3v) is 4.26. The van der Waals surface area contributed by atoms with Crippen molar-refractivity contribution in [2.45, 2.75) is 32.9 Å². The zero-order valence-electron chi connectivity index (χ0n) is 13.8. The standard InChI is InChI=1S/C16H24N2O3.ClH/c1-10-8-14(20-4)15(21-5)9-13(10)16(19)18-7-6-17-11(2)12(18)3;/h8-9,11-12,17H,6-7H2,1-5H3;1H. The van der Waals surface area contributed by atoms with Crippen LogP contribution in [0.4, 0.5) is 0 Å². The predicted molar refractivity (Wildman–Crippen MR) is 89.5 cm³/mol. The van der Waals surface area contributed by atoms with Gasteiger partial charge in [0, 0.05) is 30.7 Å². The maximum atomic E-state index is 12.8. The molecule has 5 nitrogen and oxygen atoms in total. The van der Waals surface area contributed by atoms with Crippen molar-refractivity contribution >= 4 is 18.3 Å². The number of aryl methyl sites for hydroxylation is 1. The molecule has 2 atom stereocenters. The molecule has 124 valence electrons. The molecule has 22 heavy (non-hydrogen) atoms. The second-order valence-electron chi connectivity index (χ2n) is 5.50. The predicted octanol–water partition coefficient (Wildman–Crippen LogP) is 2.26. The fourth-order valence-corrected chi connectivity index (χ4v) is 2.71. The van der Waals surface area contributed by atoms with E-state index in [1.54, 1.807) is 20.3 Å². The van der Waals surface area contributed by atoms with E-state index in [0.29, 0.717) is 23.1 Å². The van der Waals surface area contributed by atoms with Crippen LogP contribution in [0.15, 0.2) is 12.1 Å². The van der Waals surface area contributed by atoms with Gasteiger partial charge in [-0.1, -0.05) is 0 Å². The van der Waals surface area contributed by atoms with E-state index in [-0.39, 0.29) is 24.4 Å². The Hall–Kier alpha value is -1.46. The molecule has 1 aromatic rings. The summed E-state index contributed by atoms with van der Waals surface area (Å²) in [5.74, 6) is 1.28. The summed E-state index contributed by atoms with van der Waals surface area (Å²) < 4.78 is 10.6. The lowest BCUT2D eigenvalue weighted by atomic mass is 10.0. The highest BCUT2D eigenvalue weighted by Crippen LogP contribution is 2.31. The Balaban J connectivity index is 0.00000242. The van der Waals surface area contributed by atoms with Crippen molar-refractivity contribution in [3.05, 3.63) is 23.3 Å². The van der Waals surface area contributed by atoms with Crippen LogP contribution >= 0.6 is 12.4 Å². The first-order valence-electron chi connectivity index (χ1n) is 7.26. The van der Waals surface area contributed by atoms with Gasteiger partial charge in [-0.2, -0.15) is 0 Å². The molecule has 1 heterocycles. The van der Waals surface area contributed by atoms with Gasteiger partial charge in [0.05, 0.1) is 14.2 Å². The lowest BCUT2D eigenvalue weighted by Crippen LogP contribution is -2.57. The summed E-state index contributed by atoms with van der Waals surface area (Å²) in [7, 11) is 3.18. The highest BCUT2D eigenvalue weighted by atomic mass is 35.5. The monoisotopic (exact) mass is 328 g/mol. The molecule has 0 radical (unpaired) electrons. The van der Waals surface area contributed by atoms with Crippen LogP contribution in [0, 0.1) is 6.92 Å². The maximum absolute atomic E-state index is 12.8. The average Bonchev–Trinajstić information content (AvgIpc) is 2.49. The molecular weight excluding hydrogens is 304 g/mol. The van der Waals surface area contributed by atoms with Crippen molar-refractivity contribution < 1.29 is 14.3 Å². The topological polar surface area (TPSA) is 50.8 Å². The maximum Gasteiger partial charge on any atom is 0.254 e. The van der Waals surface area contributed by atoms with Crippen molar-refractivity contribution in [1.82, 2.24) is 10.2 Å². The Morgan fingerprint density at radius 1 is 1.23 bits per heavy atom. The molecule has 0 spiro atoms. The highest BCUT2D eigenvalue weighted by molar-refractivity contribution is 5.96. The first-order valence-corrected chi connectivity index (χ1v) is 7.26. The quantitative estimate of drug-likeness (QED) is 0.924. The molecule has 0 saturated carbocycles. The van der Waals surface area contributed by atoms with Gasteiger partial charge in [0.15, 0.2) is 11.5 Å². The lowest BCUT2D eigenvalue weighted by molar-refractivity contribution is 0.0602. The van der Waals surface area contributed by atoms with Crippen LogP contribution < -0.4 is 14.8 Å². The number of methoxy groups -OCH3 is 2. The van der Waals surface area contributed by atoms with E-state index >= 15 is 0 Å².